The quantitative estimate of drug-likeness (QED) is 0.0580. The maximum Gasteiger partial charge on any atom is 0.0990 e. The molecule has 1 rings (SSSR count). The van der Waals surface area contributed by atoms with Crippen LogP contribution in [-0.2, 0) is 0 Å². The summed E-state index contributed by atoms with van der Waals surface area (Å²) in [6, 6.07) is 0. The first-order valence-corrected chi connectivity index (χ1v) is 19.0. The van der Waals surface area contributed by atoms with Gasteiger partial charge in [0.1, 0.15) is 0 Å². The lowest BCUT2D eigenvalue weighted by molar-refractivity contribution is 0.422. The van der Waals surface area contributed by atoms with Crippen molar-refractivity contribution in [3.8, 4) is 0 Å². The van der Waals surface area contributed by atoms with Crippen LogP contribution >= 0.6 is 0 Å². The van der Waals surface area contributed by atoms with Gasteiger partial charge in [-0.25, -0.2) is 0 Å². The normalized spacial score (nSPS) is 13.8. The molecular formula is C39H74N2. The van der Waals surface area contributed by atoms with Gasteiger partial charge in [-0.05, 0) is 64.2 Å². The van der Waals surface area contributed by atoms with Crippen LogP contribution in [0.4, 0.5) is 0 Å². The molecule has 0 bridgehead atoms. The molecule has 1 aliphatic rings. The second-order valence-electron chi connectivity index (χ2n) is 12.9. The van der Waals surface area contributed by atoms with E-state index in [-0.39, 0.29) is 0 Å². The van der Waals surface area contributed by atoms with Crippen molar-refractivity contribution in [1.29, 1.82) is 0 Å². The molecule has 0 fully saturated rings. The number of amidine groups is 1. The monoisotopic (exact) mass is 571 g/mol. The second-order valence-corrected chi connectivity index (χ2v) is 12.9. The van der Waals surface area contributed by atoms with E-state index in [2.05, 4.69) is 43.1 Å². The Morgan fingerprint density at radius 2 is 0.829 bits per heavy atom. The van der Waals surface area contributed by atoms with E-state index in [0.29, 0.717) is 0 Å². The third-order valence-electron chi connectivity index (χ3n) is 8.88. The van der Waals surface area contributed by atoms with Crippen molar-refractivity contribution >= 4 is 5.84 Å². The molecule has 0 N–H and O–H groups in total. The molecule has 0 aromatic heterocycles. The van der Waals surface area contributed by atoms with E-state index >= 15 is 0 Å². The fourth-order valence-corrected chi connectivity index (χ4v) is 6.09. The zero-order valence-corrected chi connectivity index (χ0v) is 28.3. The second kappa shape index (κ2) is 31.9. The van der Waals surface area contributed by atoms with E-state index < -0.39 is 0 Å². The first-order chi connectivity index (χ1) is 20.4. The summed E-state index contributed by atoms with van der Waals surface area (Å²) in [5.74, 6) is 1.42. The van der Waals surface area contributed by atoms with E-state index in [1.165, 1.54) is 205 Å². The van der Waals surface area contributed by atoms with Crippen LogP contribution < -0.4 is 0 Å². The largest absolute Gasteiger partial charge is 0.359 e. The maximum atomic E-state index is 4.84. The van der Waals surface area contributed by atoms with Crippen molar-refractivity contribution in [2.75, 3.05) is 19.6 Å². The molecule has 240 valence electrons. The molecule has 0 spiro atoms. The summed E-state index contributed by atoms with van der Waals surface area (Å²) >= 11 is 0. The van der Waals surface area contributed by atoms with Gasteiger partial charge in [0.15, 0.2) is 0 Å². The minimum atomic E-state index is 1.04. The Bertz CT molecular complexity index is 605. The minimum absolute atomic E-state index is 1.04. The van der Waals surface area contributed by atoms with E-state index in [4.69, 9.17) is 4.99 Å². The van der Waals surface area contributed by atoms with Crippen molar-refractivity contribution in [2.45, 2.75) is 200 Å². The Kier molecular flexibility index (Phi) is 29.5. The molecule has 0 radical (unpaired) electrons. The fourth-order valence-electron chi connectivity index (χ4n) is 6.09. The first kappa shape index (κ1) is 38.0. The van der Waals surface area contributed by atoms with Gasteiger partial charge >= 0.3 is 0 Å². The van der Waals surface area contributed by atoms with E-state index in [9.17, 15) is 0 Å². The lowest BCUT2D eigenvalue weighted by Gasteiger charge is -2.20. The molecule has 0 saturated carbocycles. The van der Waals surface area contributed by atoms with Crippen LogP contribution in [0.5, 0.6) is 0 Å². The van der Waals surface area contributed by atoms with Crippen molar-refractivity contribution in [3.05, 3.63) is 24.3 Å². The summed E-state index contributed by atoms with van der Waals surface area (Å²) < 4.78 is 0. The number of allylic oxidation sites excluding steroid dienone is 4. The number of hydrogen-bond donors (Lipinski definition) is 0. The maximum absolute atomic E-state index is 4.84. The summed E-state index contributed by atoms with van der Waals surface area (Å²) in [6.45, 7) is 8.04. The molecule has 41 heavy (non-hydrogen) atoms. The van der Waals surface area contributed by atoms with Gasteiger partial charge in [0.25, 0.3) is 0 Å². The highest BCUT2D eigenvalue weighted by atomic mass is 15.2. The van der Waals surface area contributed by atoms with Gasteiger partial charge in [-0.2, -0.15) is 0 Å². The molecule has 0 aromatic carbocycles. The molecule has 1 heterocycles. The molecule has 0 atom stereocenters. The summed E-state index contributed by atoms with van der Waals surface area (Å²) in [4.78, 5) is 7.45. The van der Waals surface area contributed by atoms with Crippen molar-refractivity contribution in [2.24, 2.45) is 4.99 Å². The first-order valence-electron chi connectivity index (χ1n) is 19.0. The topological polar surface area (TPSA) is 15.6 Å². The molecule has 0 amide bonds. The van der Waals surface area contributed by atoms with Gasteiger partial charge in [-0.3, -0.25) is 4.99 Å². The van der Waals surface area contributed by atoms with Crippen LogP contribution in [0.3, 0.4) is 0 Å². The Labute approximate surface area is 259 Å². The van der Waals surface area contributed by atoms with Crippen LogP contribution in [0.25, 0.3) is 0 Å². The van der Waals surface area contributed by atoms with Gasteiger partial charge in [-0.15, -0.1) is 0 Å². The van der Waals surface area contributed by atoms with Crippen molar-refractivity contribution in [1.82, 2.24) is 4.90 Å². The number of hydrogen-bond acceptors (Lipinski definition) is 2. The van der Waals surface area contributed by atoms with Crippen molar-refractivity contribution in [3.63, 3.8) is 0 Å². The van der Waals surface area contributed by atoms with Gasteiger partial charge in [0.05, 0.1) is 12.4 Å². The fraction of sp³-hybridized carbons (Fsp3) is 0.872. The number of aliphatic imine (C=N–C) groups is 1. The lowest BCUT2D eigenvalue weighted by Crippen LogP contribution is -2.28. The number of unbranched alkanes of at least 4 members (excludes halogenated alkanes) is 24. The molecule has 0 aliphatic carbocycles. The molecule has 0 aromatic rings. The zero-order chi connectivity index (χ0) is 29.3. The molecule has 0 saturated heterocycles. The minimum Gasteiger partial charge on any atom is -0.359 e. The van der Waals surface area contributed by atoms with Gasteiger partial charge in [0, 0.05) is 19.5 Å². The smallest absolute Gasteiger partial charge is 0.0990 e. The molecule has 1 aliphatic heterocycles. The Morgan fingerprint density at radius 1 is 0.463 bits per heavy atom. The van der Waals surface area contributed by atoms with Crippen LogP contribution in [0.1, 0.15) is 200 Å². The van der Waals surface area contributed by atoms with Crippen LogP contribution in [0.2, 0.25) is 0 Å². The number of rotatable bonds is 32. The SMILES string of the molecule is CCCCCCCC/C=C\CCCCCCCCC1=NCCN1CCCCCCCC/C=C\CCCCCCCC. The number of nitrogens with zero attached hydrogens (tertiary/aromatic N) is 2. The summed E-state index contributed by atoms with van der Waals surface area (Å²) in [5, 5.41) is 0. The van der Waals surface area contributed by atoms with Gasteiger partial charge in [-0.1, -0.05) is 154 Å². The van der Waals surface area contributed by atoms with Crippen molar-refractivity contribution < 1.29 is 0 Å². The predicted octanol–water partition coefficient (Wildman–Crippen LogP) is 13.2. The Hall–Kier alpha value is -1.05. The summed E-state index contributed by atoms with van der Waals surface area (Å²) in [5.41, 5.74) is 0. The molecule has 2 nitrogen and oxygen atoms in total. The highest BCUT2D eigenvalue weighted by Crippen LogP contribution is 2.15. The molecular weight excluding hydrogens is 496 g/mol. The van der Waals surface area contributed by atoms with E-state index in [1.807, 2.05) is 0 Å². The highest BCUT2D eigenvalue weighted by molar-refractivity contribution is 5.83. The molecule has 0 unspecified atom stereocenters. The van der Waals surface area contributed by atoms with Gasteiger partial charge < -0.3 is 4.90 Å². The predicted molar refractivity (Wildman–Crippen MR) is 187 cm³/mol. The van der Waals surface area contributed by atoms with Gasteiger partial charge in [0.2, 0.25) is 0 Å². The Morgan fingerprint density at radius 3 is 1.27 bits per heavy atom. The van der Waals surface area contributed by atoms with E-state index in [1.54, 1.807) is 0 Å². The highest BCUT2D eigenvalue weighted by Gasteiger charge is 2.15. The zero-order valence-electron chi connectivity index (χ0n) is 28.3. The Balaban J connectivity index is 1.84. The third kappa shape index (κ3) is 26.3. The standard InChI is InChI=1S/C39H74N2/c1-3-5-7-9-11-13-15-17-19-21-23-25-27-29-31-33-35-39-40-36-38-41(39)37-34-32-30-28-26-24-22-20-18-16-14-12-10-8-6-4-2/h17-20H,3-16,21-38H2,1-2H3/b19-17-,20-18-. The third-order valence-corrected chi connectivity index (χ3v) is 8.88. The van der Waals surface area contributed by atoms with Crippen LogP contribution in [-0.4, -0.2) is 30.4 Å². The van der Waals surface area contributed by atoms with E-state index in [0.717, 1.165) is 6.54 Å². The van der Waals surface area contributed by atoms with Crippen LogP contribution in [0.15, 0.2) is 29.3 Å². The summed E-state index contributed by atoms with van der Waals surface area (Å²) in [7, 11) is 0. The average Bonchev–Trinajstić information content (AvgIpc) is 3.43. The lowest BCUT2D eigenvalue weighted by atomic mass is 10.1. The molecule has 2 heteroatoms. The summed E-state index contributed by atoms with van der Waals surface area (Å²) in [6.07, 6.45) is 49.8. The van der Waals surface area contributed by atoms with Crippen LogP contribution in [0, 0.1) is 0 Å². The average molecular weight is 571 g/mol.